The van der Waals surface area contributed by atoms with Gasteiger partial charge >= 0.3 is 12.1 Å². The molecule has 1 aliphatic rings. The topological polar surface area (TPSA) is 71.1 Å². The van der Waals surface area contributed by atoms with Crippen LogP contribution in [0.5, 0.6) is 0 Å². The number of carbonyl (C=O) groups excluding carboxylic acids is 2. The molecule has 0 spiro atoms. The van der Waals surface area contributed by atoms with E-state index in [-0.39, 0.29) is 24.6 Å². The van der Waals surface area contributed by atoms with Crippen molar-refractivity contribution < 1.29 is 19.1 Å². The fraction of sp³-hybridized carbons (Fsp3) is 0.481. The fourth-order valence-corrected chi connectivity index (χ4v) is 4.19. The zero-order valence-corrected chi connectivity index (χ0v) is 20.7. The smallest absolute Gasteiger partial charge is 0.407 e. The number of nitrogens with zero attached hydrogens (tertiary/aromatic N) is 2. The second-order valence-corrected chi connectivity index (χ2v) is 9.54. The lowest BCUT2D eigenvalue weighted by atomic mass is 9.92. The van der Waals surface area contributed by atoms with Crippen molar-refractivity contribution in [2.45, 2.75) is 45.4 Å². The first kappa shape index (κ1) is 25.7. The van der Waals surface area contributed by atoms with Crippen molar-refractivity contribution in [3.8, 4) is 0 Å². The van der Waals surface area contributed by atoms with Crippen LogP contribution in [0.15, 0.2) is 60.7 Å². The molecule has 0 saturated carbocycles. The van der Waals surface area contributed by atoms with Gasteiger partial charge in [-0.1, -0.05) is 60.7 Å². The van der Waals surface area contributed by atoms with Crippen molar-refractivity contribution in [1.29, 1.82) is 0 Å². The van der Waals surface area contributed by atoms with Crippen LogP contribution in [-0.4, -0.2) is 72.8 Å². The Morgan fingerprint density at radius 3 is 2.09 bits per heavy atom. The Hall–Kier alpha value is -2.90. The quantitative estimate of drug-likeness (QED) is 0.535. The van der Waals surface area contributed by atoms with Gasteiger partial charge in [0, 0.05) is 32.2 Å². The van der Waals surface area contributed by atoms with Crippen molar-refractivity contribution in [3.05, 3.63) is 71.8 Å². The van der Waals surface area contributed by atoms with Gasteiger partial charge < -0.3 is 14.8 Å². The van der Waals surface area contributed by atoms with Crippen LogP contribution < -0.4 is 5.32 Å². The Morgan fingerprint density at radius 1 is 1.03 bits per heavy atom. The standard InChI is InChI=1S/C27H37N3O4/c1-5-33-24(31)20-29(17-16-28-26(32)34-27(2,3)4)23-18-30(19-23)25(21-12-8-6-9-13-21)22-14-10-7-11-15-22/h6-15,23,25H,5,16-20H2,1-4H3,(H,28,32). The molecule has 0 bridgehead atoms. The predicted molar refractivity (Wildman–Crippen MR) is 133 cm³/mol. The van der Waals surface area contributed by atoms with Gasteiger partial charge in [-0.25, -0.2) is 4.79 Å². The highest BCUT2D eigenvalue weighted by atomic mass is 16.6. The van der Waals surface area contributed by atoms with Crippen LogP contribution in [0.4, 0.5) is 4.79 Å². The van der Waals surface area contributed by atoms with E-state index in [9.17, 15) is 9.59 Å². The minimum Gasteiger partial charge on any atom is -0.465 e. The Kier molecular flexibility index (Phi) is 9.07. The monoisotopic (exact) mass is 467 g/mol. The number of amides is 1. The highest BCUT2D eigenvalue weighted by molar-refractivity contribution is 5.71. The van der Waals surface area contributed by atoms with Crippen molar-refractivity contribution in [3.63, 3.8) is 0 Å². The summed E-state index contributed by atoms with van der Waals surface area (Å²) in [4.78, 5) is 28.8. The van der Waals surface area contributed by atoms with Gasteiger partial charge in [0.05, 0.1) is 19.2 Å². The van der Waals surface area contributed by atoms with Crippen LogP contribution in [0.1, 0.15) is 44.9 Å². The summed E-state index contributed by atoms with van der Waals surface area (Å²) in [5.41, 5.74) is 1.94. The van der Waals surface area contributed by atoms with E-state index in [2.05, 4.69) is 63.6 Å². The lowest BCUT2D eigenvalue weighted by Crippen LogP contribution is -2.62. The van der Waals surface area contributed by atoms with Crippen molar-refractivity contribution in [2.75, 3.05) is 39.3 Å². The highest BCUT2D eigenvalue weighted by Gasteiger charge is 2.37. The Balaban J connectivity index is 1.65. The van der Waals surface area contributed by atoms with Crippen LogP contribution in [0, 0.1) is 0 Å². The van der Waals surface area contributed by atoms with Crippen molar-refractivity contribution in [1.82, 2.24) is 15.1 Å². The van der Waals surface area contributed by atoms with Gasteiger partial charge in [0.15, 0.2) is 0 Å². The molecule has 1 fully saturated rings. The predicted octanol–water partition coefficient (Wildman–Crippen LogP) is 3.85. The Labute approximate surface area is 203 Å². The summed E-state index contributed by atoms with van der Waals surface area (Å²) < 4.78 is 10.5. The van der Waals surface area contributed by atoms with Gasteiger partial charge in [0.1, 0.15) is 5.60 Å². The molecule has 7 nitrogen and oxygen atoms in total. The van der Waals surface area contributed by atoms with Crippen molar-refractivity contribution >= 4 is 12.1 Å². The maximum Gasteiger partial charge on any atom is 0.407 e. The molecule has 184 valence electrons. The summed E-state index contributed by atoms with van der Waals surface area (Å²) in [5.74, 6) is -0.249. The maximum absolute atomic E-state index is 12.3. The molecule has 0 radical (unpaired) electrons. The van der Waals surface area contributed by atoms with E-state index >= 15 is 0 Å². The molecule has 34 heavy (non-hydrogen) atoms. The highest BCUT2D eigenvalue weighted by Crippen LogP contribution is 2.33. The summed E-state index contributed by atoms with van der Waals surface area (Å²) >= 11 is 0. The molecule has 1 amide bonds. The SMILES string of the molecule is CCOC(=O)CN(CCNC(=O)OC(C)(C)C)C1CN(C(c2ccccc2)c2ccccc2)C1. The van der Waals surface area contributed by atoms with E-state index < -0.39 is 11.7 Å². The maximum atomic E-state index is 12.3. The molecule has 0 atom stereocenters. The van der Waals surface area contributed by atoms with Gasteiger partial charge in [0.2, 0.25) is 0 Å². The molecule has 1 N–H and O–H groups in total. The number of likely N-dealkylation sites (tertiary alicyclic amines) is 1. The summed E-state index contributed by atoms with van der Waals surface area (Å²) in [6.45, 7) is 10.4. The average molecular weight is 468 g/mol. The molecule has 0 unspecified atom stereocenters. The van der Waals surface area contributed by atoms with E-state index in [0.717, 1.165) is 13.1 Å². The minimum absolute atomic E-state index is 0.156. The molecular weight excluding hydrogens is 430 g/mol. The first-order valence-electron chi connectivity index (χ1n) is 12.0. The lowest BCUT2D eigenvalue weighted by molar-refractivity contribution is -0.146. The number of ether oxygens (including phenoxy) is 2. The number of hydrogen-bond donors (Lipinski definition) is 1. The molecule has 2 aromatic carbocycles. The van der Waals surface area contributed by atoms with Gasteiger partial charge in [-0.15, -0.1) is 0 Å². The van der Waals surface area contributed by atoms with E-state index in [1.54, 1.807) is 0 Å². The second kappa shape index (κ2) is 12.0. The minimum atomic E-state index is -0.549. The molecular formula is C27H37N3O4. The molecule has 0 aliphatic carbocycles. The first-order valence-corrected chi connectivity index (χ1v) is 12.0. The molecule has 3 rings (SSSR count). The number of rotatable bonds is 10. The third kappa shape index (κ3) is 7.57. The number of hydrogen-bond acceptors (Lipinski definition) is 6. The van der Waals surface area contributed by atoms with Crippen LogP contribution in [-0.2, 0) is 14.3 Å². The number of esters is 1. The van der Waals surface area contributed by atoms with E-state index in [4.69, 9.17) is 9.47 Å². The number of carbonyl (C=O) groups is 2. The van der Waals surface area contributed by atoms with Gasteiger partial charge in [-0.3, -0.25) is 14.6 Å². The Morgan fingerprint density at radius 2 is 1.59 bits per heavy atom. The summed E-state index contributed by atoms with van der Waals surface area (Å²) in [6, 6.07) is 21.3. The van der Waals surface area contributed by atoms with E-state index in [1.807, 2.05) is 39.8 Å². The Bertz CT molecular complexity index is 869. The van der Waals surface area contributed by atoms with E-state index in [1.165, 1.54) is 11.1 Å². The zero-order valence-electron chi connectivity index (χ0n) is 20.7. The molecule has 1 aliphatic heterocycles. The van der Waals surface area contributed by atoms with Crippen molar-refractivity contribution in [2.24, 2.45) is 0 Å². The van der Waals surface area contributed by atoms with Crippen LogP contribution in [0.3, 0.4) is 0 Å². The molecule has 1 saturated heterocycles. The lowest BCUT2D eigenvalue weighted by Gasteiger charge is -2.49. The third-order valence-electron chi connectivity index (χ3n) is 5.71. The largest absolute Gasteiger partial charge is 0.465 e. The zero-order chi connectivity index (χ0) is 24.6. The van der Waals surface area contributed by atoms with Gasteiger partial charge in [0.25, 0.3) is 0 Å². The number of benzene rings is 2. The third-order valence-corrected chi connectivity index (χ3v) is 5.71. The average Bonchev–Trinajstić information content (AvgIpc) is 2.75. The molecule has 1 heterocycles. The van der Waals surface area contributed by atoms with Crippen LogP contribution in [0.25, 0.3) is 0 Å². The number of alkyl carbamates (subject to hydrolysis) is 1. The van der Waals surface area contributed by atoms with Gasteiger partial charge in [-0.2, -0.15) is 0 Å². The molecule has 0 aromatic heterocycles. The second-order valence-electron chi connectivity index (χ2n) is 9.54. The molecule has 7 heteroatoms. The summed E-state index contributed by atoms with van der Waals surface area (Å²) in [6.07, 6.45) is -0.452. The molecule has 2 aromatic rings. The normalized spacial score (nSPS) is 14.6. The van der Waals surface area contributed by atoms with Crippen LogP contribution >= 0.6 is 0 Å². The number of nitrogens with one attached hydrogen (secondary N) is 1. The first-order chi connectivity index (χ1) is 16.3. The summed E-state index contributed by atoms with van der Waals surface area (Å²) in [5, 5.41) is 2.80. The van der Waals surface area contributed by atoms with Gasteiger partial charge in [-0.05, 0) is 38.8 Å². The summed E-state index contributed by atoms with van der Waals surface area (Å²) in [7, 11) is 0. The van der Waals surface area contributed by atoms with E-state index in [0.29, 0.717) is 19.7 Å². The van der Waals surface area contributed by atoms with Crippen LogP contribution in [0.2, 0.25) is 0 Å². The fourth-order valence-electron chi connectivity index (χ4n) is 4.19.